The number of benzene rings is 2. The molecular formula is C21H22ClN3O4. The van der Waals surface area contributed by atoms with Gasteiger partial charge in [0, 0.05) is 17.7 Å². The quantitative estimate of drug-likeness (QED) is 0.532. The molecule has 8 heteroatoms. The molecule has 29 heavy (non-hydrogen) atoms. The first-order valence-corrected chi connectivity index (χ1v) is 9.41. The van der Waals surface area contributed by atoms with Crippen molar-refractivity contribution in [2.75, 3.05) is 20.5 Å². The molecule has 0 aromatic heterocycles. The highest BCUT2D eigenvalue weighted by molar-refractivity contribution is 6.30. The minimum Gasteiger partial charge on any atom is -0.467 e. The summed E-state index contributed by atoms with van der Waals surface area (Å²) in [4.78, 5) is 17.4. The molecule has 3 N–H and O–H groups in total. The van der Waals surface area contributed by atoms with Gasteiger partial charge >= 0.3 is 5.97 Å². The van der Waals surface area contributed by atoms with Gasteiger partial charge in [0.1, 0.15) is 11.8 Å². The van der Waals surface area contributed by atoms with Gasteiger partial charge in [0.15, 0.2) is 12.8 Å². The van der Waals surface area contributed by atoms with E-state index in [1.807, 2.05) is 30.3 Å². The van der Waals surface area contributed by atoms with Crippen molar-refractivity contribution in [3.8, 4) is 5.75 Å². The number of carbonyl (C=O) groups is 1. The van der Waals surface area contributed by atoms with Gasteiger partial charge in [-0.2, -0.15) is 0 Å². The van der Waals surface area contributed by atoms with Crippen LogP contribution in [0.5, 0.6) is 5.75 Å². The maximum Gasteiger partial charge on any atom is 0.338 e. The molecule has 0 amide bonds. The van der Waals surface area contributed by atoms with Crippen molar-refractivity contribution in [1.29, 1.82) is 0 Å². The molecule has 7 nitrogen and oxygen atoms in total. The molecule has 0 spiro atoms. The molecule has 0 bridgehead atoms. The molecule has 0 saturated heterocycles. The first-order chi connectivity index (χ1) is 14.0. The number of aliphatic imine (C=N–C) groups is 1. The summed E-state index contributed by atoms with van der Waals surface area (Å²) in [5.41, 5.74) is 8.27. The van der Waals surface area contributed by atoms with Crippen LogP contribution in [0.1, 0.15) is 24.1 Å². The number of hydrogen-bond acceptors (Lipinski definition) is 7. The van der Waals surface area contributed by atoms with Crippen LogP contribution in [0.15, 0.2) is 59.1 Å². The Balaban J connectivity index is 2.20. The van der Waals surface area contributed by atoms with E-state index in [0.29, 0.717) is 27.6 Å². The van der Waals surface area contributed by atoms with Gasteiger partial charge in [-0.15, -0.1) is 0 Å². The average molecular weight is 416 g/mol. The monoisotopic (exact) mass is 415 g/mol. The number of esters is 1. The molecule has 0 aliphatic carbocycles. The number of hydrogen-bond donors (Lipinski definition) is 2. The van der Waals surface area contributed by atoms with Crippen molar-refractivity contribution < 1.29 is 19.0 Å². The summed E-state index contributed by atoms with van der Waals surface area (Å²) in [6.45, 7) is 2.00. The van der Waals surface area contributed by atoms with Crippen LogP contribution in [0, 0.1) is 0 Å². The maximum absolute atomic E-state index is 13.0. The van der Waals surface area contributed by atoms with E-state index in [1.54, 1.807) is 25.1 Å². The molecule has 2 aromatic carbocycles. The van der Waals surface area contributed by atoms with Gasteiger partial charge in [0.25, 0.3) is 0 Å². The van der Waals surface area contributed by atoms with Crippen molar-refractivity contribution in [3.63, 3.8) is 0 Å². The van der Waals surface area contributed by atoms with Gasteiger partial charge in [-0.05, 0) is 30.7 Å². The lowest BCUT2D eigenvalue weighted by Crippen LogP contribution is -2.37. The van der Waals surface area contributed by atoms with Gasteiger partial charge < -0.3 is 25.3 Å². The molecule has 0 saturated carbocycles. The third kappa shape index (κ3) is 4.70. The minimum atomic E-state index is -0.768. The summed E-state index contributed by atoms with van der Waals surface area (Å²) in [7, 11) is 1.52. The molecule has 3 rings (SSSR count). The number of nitrogens with one attached hydrogen (secondary N) is 1. The van der Waals surface area contributed by atoms with Crippen molar-refractivity contribution >= 4 is 29.2 Å². The number of guanidine groups is 1. The number of rotatable bonds is 7. The van der Waals surface area contributed by atoms with Crippen LogP contribution in [-0.2, 0) is 14.3 Å². The summed E-state index contributed by atoms with van der Waals surface area (Å²) in [6, 6.07) is 13.7. The summed E-state index contributed by atoms with van der Waals surface area (Å²) >= 11 is 6.23. The van der Waals surface area contributed by atoms with Crippen LogP contribution in [-0.4, -0.2) is 32.4 Å². The molecule has 1 aliphatic rings. The highest BCUT2D eigenvalue weighted by Crippen LogP contribution is 2.39. The number of ether oxygens (including phenoxy) is 3. The Kier molecular flexibility index (Phi) is 6.74. The standard InChI is InChI=1S/C21H22ClN3O4/c1-3-28-20(26)17-18(13-7-5-4-6-8-13)24-21(23)25-19(17)15-11-14(22)9-10-16(15)29-12-27-2/h4-11,19H,3,12H2,1-2H3,(H3,23,24,25). The Bertz CT molecular complexity index is 944. The number of carbonyl (C=O) groups excluding carboxylic acids is 1. The SMILES string of the molecule is CCOC(=O)C1=C(c2ccccc2)NC(N)=NC1c1cc(Cl)ccc1OCOC. The molecular weight excluding hydrogens is 394 g/mol. The zero-order valence-electron chi connectivity index (χ0n) is 16.1. The molecule has 2 aromatic rings. The second-order valence-corrected chi connectivity index (χ2v) is 6.59. The van der Waals surface area contributed by atoms with Crippen LogP contribution in [0.3, 0.4) is 0 Å². The lowest BCUT2D eigenvalue weighted by atomic mass is 9.93. The van der Waals surface area contributed by atoms with Crippen molar-refractivity contribution in [2.24, 2.45) is 10.7 Å². The first kappa shape index (κ1) is 20.7. The molecule has 1 heterocycles. The van der Waals surface area contributed by atoms with E-state index in [2.05, 4.69) is 10.3 Å². The van der Waals surface area contributed by atoms with E-state index in [1.165, 1.54) is 7.11 Å². The summed E-state index contributed by atoms with van der Waals surface area (Å²) in [6.07, 6.45) is 0. The van der Waals surface area contributed by atoms with Crippen LogP contribution in [0.4, 0.5) is 0 Å². The number of nitrogens with zero attached hydrogens (tertiary/aromatic N) is 1. The lowest BCUT2D eigenvalue weighted by molar-refractivity contribution is -0.138. The predicted octanol–water partition coefficient (Wildman–Crippen LogP) is 3.26. The van der Waals surface area contributed by atoms with Crippen molar-refractivity contribution in [2.45, 2.75) is 13.0 Å². The van der Waals surface area contributed by atoms with Crippen LogP contribution in [0.2, 0.25) is 5.02 Å². The number of methoxy groups -OCH3 is 1. The number of nitrogens with two attached hydrogens (primary N) is 1. The van der Waals surface area contributed by atoms with Gasteiger partial charge in [-0.25, -0.2) is 9.79 Å². The Labute approximate surface area is 174 Å². The Hall–Kier alpha value is -3.03. The molecule has 1 unspecified atom stereocenters. The Morgan fingerprint density at radius 1 is 1.24 bits per heavy atom. The lowest BCUT2D eigenvalue weighted by Gasteiger charge is -2.27. The van der Waals surface area contributed by atoms with E-state index in [-0.39, 0.29) is 19.4 Å². The molecule has 0 radical (unpaired) electrons. The van der Waals surface area contributed by atoms with Crippen molar-refractivity contribution in [1.82, 2.24) is 5.32 Å². The van der Waals surface area contributed by atoms with Gasteiger partial charge in [0.2, 0.25) is 0 Å². The van der Waals surface area contributed by atoms with E-state index < -0.39 is 12.0 Å². The summed E-state index contributed by atoms with van der Waals surface area (Å²) in [5, 5.41) is 3.48. The molecule has 152 valence electrons. The smallest absolute Gasteiger partial charge is 0.338 e. The van der Waals surface area contributed by atoms with E-state index in [0.717, 1.165) is 5.56 Å². The topological polar surface area (TPSA) is 95.2 Å². The number of halogens is 1. The highest BCUT2D eigenvalue weighted by atomic mass is 35.5. The zero-order valence-corrected chi connectivity index (χ0v) is 16.9. The van der Waals surface area contributed by atoms with Gasteiger partial charge in [-0.1, -0.05) is 41.9 Å². The fourth-order valence-corrected chi connectivity index (χ4v) is 3.22. The third-order valence-corrected chi connectivity index (χ3v) is 4.46. The second kappa shape index (κ2) is 9.45. The normalized spacial score (nSPS) is 16.1. The first-order valence-electron chi connectivity index (χ1n) is 9.03. The van der Waals surface area contributed by atoms with Crippen LogP contribution >= 0.6 is 11.6 Å². The van der Waals surface area contributed by atoms with E-state index in [9.17, 15) is 4.79 Å². The average Bonchev–Trinajstić information content (AvgIpc) is 2.73. The van der Waals surface area contributed by atoms with Crippen LogP contribution in [0.25, 0.3) is 5.70 Å². The highest BCUT2D eigenvalue weighted by Gasteiger charge is 2.34. The molecule has 1 atom stereocenters. The second-order valence-electron chi connectivity index (χ2n) is 6.15. The fourth-order valence-electron chi connectivity index (χ4n) is 3.03. The molecule has 0 fully saturated rings. The fraction of sp³-hybridized carbons (Fsp3) is 0.238. The van der Waals surface area contributed by atoms with Crippen LogP contribution < -0.4 is 15.8 Å². The maximum atomic E-state index is 13.0. The summed E-state index contributed by atoms with van der Waals surface area (Å²) < 4.78 is 16.0. The Morgan fingerprint density at radius 3 is 2.69 bits per heavy atom. The third-order valence-electron chi connectivity index (χ3n) is 4.22. The zero-order chi connectivity index (χ0) is 20.8. The minimum absolute atomic E-state index is 0.0306. The van der Waals surface area contributed by atoms with E-state index >= 15 is 0 Å². The van der Waals surface area contributed by atoms with E-state index in [4.69, 9.17) is 31.5 Å². The van der Waals surface area contributed by atoms with Gasteiger partial charge in [0.05, 0.1) is 17.9 Å². The van der Waals surface area contributed by atoms with Crippen molar-refractivity contribution in [3.05, 3.63) is 70.3 Å². The Morgan fingerprint density at radius 2 is 2.00 bits per heavy atom. The summed E-state index contributed by atoms with van der Waals surface area (Å²) in [5.74, 6) is 0.145. The predicted molar refractivity (Wildman–Crippen MR) is 111 cm³/mol. The van der Waals surface area contributed by atoms with Gasteiger partial charge in [-0.3, -0.25) is 0 Å². The molecule has 1 aliphatic heterocycles. The largest absolute Gasteiger partial charge is 0.467 e.